The lowest BCUT2D eigenvalue weighted by molar-refractivity contribution is 0.414. The van der Waals surface area contributed by atoms with Crippen LogP contribution in [-0.2, 0) is 13.0 Å². The van der Waals surface area contributed by atoms with E-state index in [1.54, 1.807) is 30.3 Å². The maximum Gasteiger partial charge on any atom is 0.192 e. The number of furan rings is 1. The summed E-state index contributed by atoms with van der Waals surface area (Å²) in [6, 6.07) is 11.7. The summed E-state index contributed by atoms with van der Waals surface area (Å²) in [5, 5.41) is 11.5. The number of anilines is 1. The van der Waals surface area contributed by atoms with E-state index in [0.717, 1.165) is 18.6 Å². The van der Waals surface area contributed by atoms with Gasteiger partial charge in [0, 0.05) is 6.54 Å². The van der Waals surface area contributed by atoms with Gasteiger partial charge in [0.1, 0.15) is 11.6 Å². The standard InChI is InChI=1S/C19H20N6O2/c1-26-14-8-6-13(7-9-14)4-2-10-25-17(20)15(12-21-25)18-22-19(24-23-18)16-5-3-11-27-16/h3,5-9,11-12H,2,4,10,20H2,1H3,(H,22,23,24). The summed E-state index contributed by atoms with van der Waals surface area (Å²) in [6.07, 6.45) is 5.13. The van der Waals surface area contributed by atoms with Crippen LogP contribution in [0, 0.1) is 0 Å². The Balaban J connectivity index is 1.41. The summed E-state index contributed by atoms with van der Waals surface area (Å²) in [6.45, 7) is 0.716. The van der Waals surface area contributed by atoms with Crippen LogP contribution in [0.25, 0.3) is 23.0 Å². The van der Waals surface area contributed by atoms with Gasteiger partial charge in [-0.05, 0) is 42.7 Å². The highest BCUT2D eigenvalue weighted by Gasteiger charge is 2.15. The van der Waals surface area contributed by atoms with Crippen molar-refractivity contribution in [2.24, 2.45) is 0 Å². The molecule has 0 unspecified atom stereocenters. The van der Waals surface area contributed by atoms with Gasteiger partial charge in [0.2, 0.25) is 0 Å². The van der Waals surface area contributed by atoms with Gasteiger partial charge in [-0.15, -0.1) is 0 Å². The number of nitrogens with two attached hydrogens (primary N) is 1. The highest BCUT2D eigenvalue weighted by Crippen LogP contribution is 2.25. The Morgan fingerprint density at radius 2 is 2.07 bits per heavy atom. The van der Waals surface area contributed by atoms with E-state index in [-0.39, 0.29) is 0 Å². The van der Waals surface area contributed by atoms with E-state index in [9.17, 15) is 0 Å². The van der Waals surface area contributed by atoms with Crippen LogP contribution in [0.5, 0.6) is 5.75 Å². The number of H-pyrrole nitrogens is 1. The number of hydrogen-bond donors (Lipinski definition) is 2. The molecule has 0 aliphatic rings. The van der Waals surface area contributed by atoms with Crippen LogP contribution in [0.1, 0.15) is 12.0 Å². The van der Waals surface area contributed by atoms with Crippen LogP contribution in [0.15, 0.2) is 53.3 Å². The molecular weight excluding hydrogens is 344 g/mol. The fraction of sp³-hybridized carbons (Fsp3) is 0.211. The number of hydrogen-bond acceptors (Lipinski definition) is 6. The number of aromatic nitrogens is 5. The van der Waals surface area contributed by atoms with Crippen LogP contribution in [-0.4, -0.2) is 32.1 Å². The highest BCUT2D eigenvalue weighted by molar-refractivity contribution is 5.68. The van der Waals surface area contributed by atoms with Gasteiger partial charge >= 0.3 is 0 Å². The normalized spacial score (nSPS) is 11.0. The van der Waals surface area contributed by atoms with E-state index in [2.05, 4.69) is 32.4 Å². The third-order valence-corrected chi connectivity index (χ3v) is 4.36. The van der Waals surface area contributed by atoms with Gasteiger partial charge < -0.3 is 14.9 Å². The van der Waals surface area contributed by atoms with Crippen molar-refractivity contribution >= 4 is 5.82 Å². The Morgan fingerprint density at radius 3 is 2.81 bits per heavy atom. The molecule has 3 N–H and O–H groups in total. The van der Waals surface area contributed by atoms with Crippen LogP contribution >= 0.6 is 0 Å². The van der Waals surface area contributed by atoms with Gasteiger partial charge in [0.05, 0.1) is 25.1 Å². The molecule has 8 nitrogen and oxygen atoms in total. The van der Waals surface area contributed by atoms with E-state index in [0.29, 0.717) is 35.3 Å². The van der Waals surface area contributed by atoms with Gasteiger partial charge in [-0.3, -0.25) is 5.10 Å². The van der Waals surface area contributed by atoms with Crippen LogP contribution in [0.4, 0.5) is 5.82 Å². The Bertz CT molecular complexity index is 1000. The fourth-order valence-electron chi connectivity index (χ4n) is 2.88. The Morgan fingerprint density at radius 1 is 1.22 bits per heavy atom. The number of ether oxygens (including phenoxy) is 1. The summed E-state index contributed by atoms with van der Waals surface area (Å²) in [5.74, 6) is 3.09. The second kappa shape index (κ2) is 7.36. The molecular formula is C19H20N6O2. The average molecular weight is 364 g/mol. The smallest absolute Gasteiger partial charge is 0.192 e. The van der Waals surface area contributed by atoms with E-state index in [1.807, 2.05) is 18.2 Å². The number of rotatable bonds is 7. The molecule has 0 aliphatic heterocycles. The van der Waals surface area contributed by atoms with Crippen molar-refractivity contribution in [3.63, 3.8) is 0 Å². The summed E-state index contributed by atoms with van der Waals surface area (Å²) in [4.78, 5) is 4.44. The van der Waals surface area contributed by atoms with Gasteiger partial charge in [0.25, 0.3) is 0 Å². The molecule has 138 valence electrons. The largest absolute Gasteiger partial charge is 0.497 e. The maximum absolute atomic E-state index is 6.25. The Kier molecular flexibility index (Phi) is 4.61. The molecule has 0 aliphatic carbocycles. The highest BCUT2D eigenvalue weighted by atomic mass is 16.5. The summed E-state index contributed by atoms with van der Waals surface area (Å²) in [7, 11) is 1.67. The van der Waals surface area contributed by atoms with Gasteiger partial charge in [-0.1, -0.05) is 12.1 Å². The lowest BCUT2D eigenvalue weighted by Crippen LogP contribution is -2.06. The number of aryl methyl sites for hydroxylation is 2. The quantitative estimate of drug-likeness (QED) is 0.521. The Hall–Kier alpha value is -3.55. The molecule has 3 heterocycles. The molecule has 0 bridgehead atoms. The first-order chi connectivity index (χ1) is 13.2. The van der Waals surface area contributed by atoms with E-state index < -0.39 is 0 Å². The van der Waals surface area contributed by atoms with E-state index >= 15 is 0 Å². The molecule has 1 aromatic carbocycles. The van der Waals surface area contributed by atoms with E-state index in [1.165, 1.54) is 5.56 Å². The molecule has 4 rings (SSSR count). The molecule has 3 aromatic heterocycles. The maximum atomic E-state index is 6.25. The minimum Gasteiger partial charge on any atom is -0.497 e. The number of nitrogen functional groups attached to an aromatic ring is 1. The molecule has 0 spiro atoms. The number of methoxy groups -OCH3 is 1. The second-order valence-electron chi connectivity index (χ2n) is 6.10. The first-order valence-corrected chi connectivity index (χ1v) is 8.65. The lowest BCUT2D eigenvalue weighted by Gasteiger charge is -2.06. The predicted molar refractivity (Wildman–Crippen MR) is 101 cm³/mol. The van der Waals surface area contributed by atoms with Crippen molar-refractivity contribution in [2.45, 2.75) is 19.4 Å². The van der Waals surface area contributed by atoms with Crippen molar-refractivity contribution < 1.29 is 9.15 Å². The predicted octanol–water partition coefficient (Wildman–Crippen LogP) is 3.15. The molecule has 4 aromatic rings. The second-order valence-corrected chi connectivity index (χ2v) is 6.10. The number of benzene rings is 1. The number of nitrogens with zero attached hydrogens (tertiary/aromatic N) is 4. The SMILES string of the molecule is COc1ccc(CCCn2ncc(-c3n[nH]c(-c4ccco4)n3)c2N)cc1. The monoisotopic (exact) mass is 364 g/mol. The van der Waals surface area contributed by atoms with Gasteiger partial charge in [0.15, 0.2) is 17.4 Å². The van der Waals surface area contributed by atoms with Crippen molar-refractivity contribution in [3.05, 3.63) is 54.4 Å². The molecule has 0 radical (unpaired) electrons. The lowest BCUT2D eigenvalue weighted by atomic mass is 10.1. The zero-order valence-corrected chi connectivity index (χ0v) is 14.9. The fourth-order valence-corrected chi connectivity index (χ4v) is 2.88. The Labute approximate surface area is 156 Å². The van der Waals surface area contributed by atoms with E-state index in [4.69, 9.17) is 14.9 Å². The molecule has 0 saturated heterocycles. The third kappa shape index (κ3) is 3.55. The average Bonchev–Trinajstić information content (AvgIpc) is 3.43. The number of nitrogens with one attached hydrogen (secondary N) is 1. The topological polar surface area (TPSA) is 108 Å². The van der Waals surface area contributed by atoms with Crippen molar-refractivity contribution in [3.8, 4) is 28.7 Å². The van der Waals surface area contributed by atoms with Crippen LogP contribution < -0.4 is 10.5 Å². The summed E-state index contributed by atoms with van der Waals surface area (Å²) in [5.41, 5.74) is 8.20. The zero-order chi connectivity index (χ0) is 18.6. The summed E-state index contributed by atoms with van der Waals surface area (Å²) < 4.78 is 12.3. The molecule has 8 heteroatoms. The van der Waals surface area contributed by atoms with Crippen LogP contribution in [0.3, 0.4) is 0 Å². The molecule has 0 fully saturated rings. The first kappa shape index (κ1) is 16.9. The molecule has 0 saturated carbocycles. The van der Waals surface area contributed by atoms with Gasteiger partial charge in [-0.25, -0.2) is 9.67 Å². The van der Waals surface area contributed by atoms with Crippen molar-refractivity contribution in [2.75, 3.05) is 12.8 Å². The molecule has 27 heavy (non-hydrogen) atoms. The minimum absolute atomic E-state index is 0.500. The first-order valence-electron chi connectivity index (χ1n) is 8.65. The van der Waals surface area contributed by atoms with Crippen LogP contribution in [0.2, 0.25) is 0 Å². The van der Waals surface area contributed by atoms with Gasteiger partial charge in [-0.2, -0.15) is 10.2 Å². The van der Waals surface area contributed by atoms with Crippen molar-refractivity contribution in [1.29, 1.82) is 0 Å². The zero-order valence-electron chi connectivity index (χ0n) is 14.9. The number of aromatic amines is 1. The molecule has 0 amide bonds. The summed E-state index contributed by atoms with van der Waals surface area (Å²) >= 11 is 0. The third-order valence-electron chi connectivity index (χ3n) is 4.36. The molecule has 0 atom stereocenters. The minimum atomic E-state index is 0.500. The van der Waals surface area contributed by atoms with Crippen molar-refractivity contribution in [1.82, 2.24) is 25.0 Å².